The van der Waals surface area contributed by atoms with Crippen molar-refractivity contribution in [3.8, 4) is 0 Å². The van der Waals surface area contributed by atoms with Crippen LogP contribution in [-0.2, 0) is 19.1 Å². The number of aliphatic carboxylic acids is 1. The van der Waals surface area contributed by atoms with Crippen molar-refractivity contribution in [2.75, 3.05) is 6.61 Å². The third-order valence-corrected chi connectivity index (χ3v) is 4.01. The fourth-order valence-electron chi connectivity index (χ4n) is 0.733. The number of carboxylic acid groups (broad SMARTS) is 1. The first-order valence-electron chi connectivity index (χ1n) is 3.59. The maximum absolute atomic E-state index is 11.3. The molecule has 0 aliphatic carbocycles. The second-order valence-corrected chi connectivity index (χ2v) is 5.61. The van der Waals surface area contributed by atoms with Crippen molar-refractivity contribution in [3.63, 3.8) is 0 Å². The molecular weight excluding hydrogens is 228 g/mol. The summed E-state index contributed by atoms with van der Waals surface area (Å²) in [5.41, 5.74) is 0. The first-order valence-corrected chi connectivity index (χ1v) is 5.82. The van der Waals surface area contributed by atoms with E-state index in [0.717, 1.165) is 16.2 Å². The summed E-state index contributed by atoms with van der Waals surface area (Å²) in [6.45, 7) is 0.903. The third kappa shape index (κ3) is 2.79. The van der Waals surface area contributed by atoms with Gasteiger partial charge in [0.25, 0.3) is 0 Å². The van der Waals surface area contributed by atoms with E-state index in [4.69, 9.17) is 5.11 Å². The molecule has 78 valence electrons. The average molecular weight is 236 g/mol. The van der Waals surface area contributed by atoms with E-state index < -0.39 is 22.7 Å². The number of aryl methyl sites for hydroxylation is 1. The zero-order chi connectivity index (χ0) is 10.8. The molecule has 0 bridgehead atoms. The predicted molar refractivity (Wildman–Crippen MR) is 49.8 cm³/mol. The molecule has 1 heterocycles. The number of rotatable bonds is 4. The van der Waals surface area contributed by atoms with Crippen LogP contribution in [-0.4, -0.2) is 26.1 Å². The molecule has 0 saturated heterocycles. The van der Waals surface area contributed by atoms with Crippen LogP contribution in [0.5, 0.6) is 0 Å². The summed E-state index contributed by atoms with van der Waals surface area (Å²) in [6, 6.07) is 3.01. The van der Waals surface area contributed by atoms with Crippen molar-refractivity contribution < 1.29 is 22.5 Å². The first-order chi connectivity index (χ1) is 6.42. The highest BCUT2D eigenvalue weighted by Crippen LogP contribution is 2.22. The second kappa shape index (κ2) is 4.07. The van der Waals surface area contributed by atoms with Gasteiger partial charge in [-0.15, -0.1) is 11.3 Å². The number of thiophene rings is 1. The van der Waals surface area contributed by atoms with Crippen LogP contribution in [0.25, 0.3) is 0 Å². The molecule has 0 atom stereocenters. The van der Waals surface area contributed by atoms with Gasteiger partial charge in [0.1, 0.15) is 4.21 Å². The summed E-state index contributed by atoms with van der Waals surface area (Å²) >= 11 is 1.04. The number of carbonyl (C=O) groups is 1. The van der Waals surface area contributed by atoms with Crippen molar-refractivity contribution in [3.05, 3.63) is 17.0 Å². The van der Waals surface area contributed by atoms with E-state index in [2.05, 4.69) is 4.18 Å². The normalized spacial score (nSPS) is 11.5. The molecule has 0 aromatic carbocycles. The molecule has 0 aliphatic heterocycles. The smallest absolute Gasteiger partial charge is 0.331 e. The molecule has 0 aliphatic rings. The van der Waals surface area contributed by atoms with Crippen LogP contribution in [0.1, 0.15) is 4.88 Å². The third-order valence-electron chi connectivity index (χ3n) is 1.30. The highest BCUT2D eigenvalue weighted by Gasteiger charge is 2.18. The van der Waals surface area contributed by atoms with Gasteiger partial charge < -0.3 is 5.11 Å². The molecule has 0 fully saturated rings. The molecule has 14 heavy (non-hydrogen) atoms. The van der Waals surface area contributed by atoms with Crippen molar-refractivity contribution in [2.45, 2.75) is 11.1 Å². The van der Waals surface area contributed by atoms with Gasteiger partial charge in [-0.1, -0.05) is 0 Å². The molecule has 0 radical (unpaired) electrons. The Labute approximate surface area is 85.1 Å². The Kier molecular flexibility index (Phi) is 3.25. The Balaban J connectivity index is 2.81. The largest absolute Gasteiger partial charge is 0.479 e. The molecule has 0 unspecified atom stereocenters. The molecule has 0 spiro atoms. The van der Waals surface area contributed by atoms with Crippen molar-refractivity contribution in [1.29, 1.82) is 0 Å². The van der Waals surface area contributed by atoms with Crippen molar-refractivity contribution in [1.82, 2.24) is 0 Å². The van der Waals surface area contributed by atoms with Crippen LogP contribution in [0.3, 0.4) is 0 Å². The predicted octanol–water partition coefficient (Wildman–Crippen LogP) is 0.846. The van der Waals surface area contributed by atoms with E-state index in [1.54, 1.807) is 13.0 Å². The van der Waals surface area contributed by atoms with E-state index >= 15 is 0 Å². The maximum atomic E-state index is 11.3. The van der Waals surface area contributed by atoms with E-state index in [1.807, 2.05) is 0 Å². The minimum atomic E-state index is -3.90. The van der Waals surface area contributed by atoms with Gasteiger partial charge in [-0.05, 0) is 19.1 Å². The lowest BCUT2D eigenvalue weighted by atomic mass is 10.5. The molecular formula is C7H8O5S2. The summed E-state index contributed by atoms with van der Waals surface area (Å²) in [7, 11) is -3.90. The van der Waals surface area contributed by atoms with Crippen LogP contribution < -0.4 is 0 Å². The zero-order valence-electron chi connectivity index (χ0n) is 7.26. The van der Waals surface area contributed by atoms with E-state index in [0.29, 0.717) is 0 Å². The molecule has 1 aromatic rings. The van der Waals surface area contributed by atoms with E-state index in [-0.39, 0.29) is 4.21 Å². The highest BCUT2D eigenvalue weighted by atomic mass is 32.3. The Bertz CT molecular complexity index is 431. The molecule has 1 aromatic heterocycles. The topological polar surface area (TPSA) is 80.7 Å². The lowest BCUT2D eigenvalue weighted by molar-refractivity contribution is -0.139. The summed E-state index contributed by atoms with van der Waals surface area (Å²) in [4.78, 5) is 10.9. The van der Waals surface area contributed by atoms with E-state index in [9.17, 15) is 13.2 Å². The zero-order valence-corrected chi connectivity index (χ0v) is 8.89. The molecule has 1 N–H and O–H groups in total. The monoisotopic (exact) mass is 236 g/mol. The summed E-state index contributed by atoms with van der Waals surface area (Å²) < 4.78 is 26.8. The lowest BCUT2D eigenvalue weighted by Crippen LogP contribution is -2.12. The number of hydrogen-bond donors (Lipinski definition) is 1. The quantitative estimate of drug-likeness (QED) is 0.784. The fraction of sp³-hybridized carbons (Fsp3) is 0.286. The van der Waals surface area contributed by atoms with Crippen LogP contribution in [0, 0.1) is 6.92 Å². The molecule has 0 saturated carbocycles. The van der Waals surface area contributed by atoms with Crippen LogP contribution in [0.4, 0.5) is 0 Å². The van der Waals surface area contributed by atoms with Crippen molar-refractivity contribution >= 4 is 27.4 Å². The summed E-state index contributed by atoms with van der Waals surface area (Å²) in [6.07, 6.45) is 0. The average Bonchev–Trinajstić information content (AvgIpc) is 2.49. The molecule has 5 nitrogen and oxygen atoms in total. The minimum Gasteiger partial charge on any atom is -0.479 e. The summed E-state index contributed by atoms with van der Waals surface area (Å²) in [5, 5.41) is 8.24. The summed E-state index contributed by atoms with van der Waals surface area (Å²) in [5.74, 6) is -1.32. The van der Waals surface area contributed by atoms with Gasteiger partial charge in [-0.25, -0.2) is 4.79 Å². The Morgan fingerprint density at radius 2 is 2.21 bits per heavy atom. The van der Waals surface area contributed by atoms with Crippen LogP contribution in [0.2, 0.25) is 0 Å². The van der Waals surface area contributed by atoms with Gasteiger partial charge >= 0.3 is 16.1 Å². The van der Waals surface area contributed by atoms with Gasteiger partial charge in [-0.2, -0.15) is 8.42 Å². The number of carboxylic acids is 1. The van der Waals surface area contributed by atoms with Crippen LogP contribution >= 0.6 is 11.3 Å². The maximum Gasteiger partial charge on any atom is 0.331 e. The van der Waals surface area contributed by atoms with Gasteiger partial charge in [-0.3, -0.25) is 4.18 Å². The van der Waals surface area contributed by atoms with Gasteiger partial charge in [0.2, 0.25) is 0 Å². The number of hydrogen-bond acceptors (Lipinski definition) is 5. The highest BCUT2D eigenvalue weighted by molar-refractivity contribution is 7.89. The molecule has 7 heteroatoms. The van der Waals surface area contributed by atoms with Gasteiger partial charge in [0.15, 0.2) is 6.61 Å². The molecule has 0 amide bonds. The Morgan fingerprint density at radius 1 is 1.57 bits per heavy atom. The second-order valence-electron chi connectivity index (χ2n) is 2.48. The first kappa shape index (κ1) is 11.2. The van der Waals surface area contributed by atoms with E-state index in [1.165, 1.54) is 6.07 Å². The van der Waals surface area contributed by atoms with Crippen molar-refractivity contribution in [2.24, 2.45) is 0 Å². The Hall–Kier alpha value is -0.920. The van der Waals surface area contributed by atoms with Gasteiger partial charge in [0.05, 0.1) is 0 Å². The minimum absolute atomic E-state index is 0.0243. The van der Waals surface area contributed by atoms with Crippen LogP contribution in [0.15, 0.2) is 16.3 Å². The lowest BCUT2D eigenvalue weighted by Gasteiger charge is -1.99. The van der Waals surface area contributed by atoms with Gasteiger partial charge in [0, 0.05) is 4.88 Å². The SMILES string of the molecule is Cc1ccc(S(=O)(=O)OCC(=O)O)s1. The fourth-order valence-corrected chi connectivity index (χ4v) is 2.88. The Morgan fingerprint density at radius 3 is 2.64 bits per heavy atom. The standard InChI is InChI=1S/C7H8O5S2/c1-5-2-3-7(13-5)14(10,11)12-4-6(8)9/h2-3H,4H2,1H3,(H,8,9). The molecule has 1 rings (SSSR count).